The van der Waals surface area contributed by atoms with Gasteiger partial charge < -0.3 is 9.47 Å². The molecular weight excluding hydrogens is 641 g/mol. The van der Waals surface area contributed by atoms with Gasteiger partial charge in [-0.25, -0.2) is 9.59 Å². The first kappa shape index (κ1) is 36.9. The normalized spacial score (nSPS) is 39.2. The van der Waals surface area contributed by atoms with Crippen LogP contribution in [0, 0.1) is 56.7 Å². The predicted octanol–water partition coefficient (Wildman–Crippen LogP) is 11.5. The van der Waals surface area contributed by atoms with Gasteiger partial charge in [-0.05, 0) is 140 Å². The highest BCUT2D eigenvalue weighted by molar-refractivity contribution is 5.87. The van der Waals surface area contributed by atoms with Crippen molar-refractivity contribution >= 4 is 24.1 Å². The number of carbonyl (C=O) groups excluding carboxylic acids is 2. The molecule has 5 aliphatic rings. The van der Waals surface area contributed by atoms with Crippen molar-refractivity contribution in [3.05, 3.63) is 96.1 Å². The molecule has 5 fully saturated rings. The van der Waals surface area contributed by atoms with Gasteiger partial charge in [-0.15, -0.1) is 0 Å². The molecule has 0 aliphatic heterocycles. The lowest BCUT2D eigenvalue weighted by Crippen LogP contribution is -2.67. The van der Waals surface area contributed by atoms with E-state index in [9.17, 15) is 9.59 Å². The number of carbonyl (C=O) groups is 2. The third-order valence-corrected chi connectivity index (χ3v) is 16.4. The van der Waals surface area contributed by atoms with Gasteiger partial charge in [0.05, 0.1) is 6.61 Å². The molecule has 0 amide bonds. The molecule has 0 saturated heterocycles. The first-order valence-electron chi connectivity index (χ1n) is 20.2. The van der Waals surface area contributed by atoms with Gasteiger partial charge in [-0.3, -0.25) is 0 Å². The van der Waals surface area contributed by atoms with Crippen molar-refractivity contribution < 1.29 is 19.1 Å². The average Bonchev–Trinajstić information content (AvgIpc) is 3.52. The SMILES string of the molecule is C=C(C)[C@H]1CC[C@]2(COC(=O)C=Cc3ccccc3)CC[C@@]3(C)[C@H](CC[C@@H]4[C@@]5(C)CC[C@H](OC(=O)C=Cc6ccccc6)C(C)(C)[C@H]5CC[C@]43C)[C@H]12. The van der Waals surface area contributed by atoms with Crippen molar-refractivity contribution in [1.82, 2.24) is 0 Å². The Labute approximate surface area is 313 Å². The Hall–Kier alpha value is -3.40. The van der Waals surface area contributed by atoms with Crippen LogP contribution in [0.2, 0.25) is 0 Å². The van der Waals surface area contributed by atoms with E-state index >= 15 is 0 Å². The summed E-state index contributed by atoms with van der Waals surface area (Å²) < 4.78 is 12.5. The van der Waals surface area contributed by atoms with E-state index in [1.165, 1.54) is 37.7 Å². The zero-order valence-corrected chi connectivity index (χ0v) is 32.7. The highest BCUT2D eigenvalue weighted by Gasteiger charge is 2.71. The fraction of sp³-hybridized carbons (Fsp3) is 0.583. The standard InChI is InChI=1S/C48H62O4/c1-33(2)36-24-29-48(32-51-41(49)22-18-34-14-10-8-11-15-34)31-30-46(6)37(43(36)48)20-21-39-45(5)27-26-40(44(3,4)38(45)25-28-47(39,46)7)52-42(50)23-19-35-16-12-9-13-17-35/h8-19,22-23,36-40,43H,1,20-21,24-32H2,2-7H3/t36-,37-,38-,39-,40+,43+,45+,46+,47-,48-/m1/s1. The lowest BCUT2D eigenvalue weighted by atomic mass is 9.32. The summed E-state index contributed by atoms with van der Waals surface area (Å²) in [4.78, 5) is 26.2. The minimum Gasteiger partial charge on any atom is -0.462 e. The van der Waals surface area contributed by atoms with Crippen molar-refractivity contribution in [3.63, 3.8) is 0 Å². The summed E-state index contributed by atoms with van der Waals surface area (Å²) in [5.41, 5.74) is 3.89. The second-order valence-corrected chi connectivity index (χ2v) is 18.9. The van der Waals surface area contributed by atoms with Crippen molar-refractivity contribution in [2.45, 2.75) is 112 Å². The molecule has 5 saturated carbocycles. The lowest BCUT2D eigenvalue weighted by molar-refractivity contribution is -0.251. The Morgan fingerprint density at radius 1 is 0.712 bits per heavy atom. The van der Waals surface area contributed by atoms with Gasteiger partial charge in [-0.1, -0.05) is 107 Å². The van der Waals surface area contributed by atoms with Gasteiger partial charge in [-0.2, -0.15) is 0 Å². The van der Waals surface area contributed by atoms with Crippen LogP contribution in [0.15, 0.2) is 85.0 Å². The third kappa shape index (κ3) is 6.14. The van der Waals surface area contributed by atoms with Crippen molar-refractivity contribution in [3.8, 4) is 0 Å². The van der Waals surface area contributed by atoms with E-state index in [1.54, 1.807) is 12.2 Å². The maximum absolute atomic E-state index is 13.1. The van der Waals surface area contributed by atoms with Crippen LogP contribution in [0.1, 0.15) is 117 Å². The second-order valence-electron chi connectivity index (χ2n) is 18.9. The molecule has 4 heteroatoms. The molecule has 7 rings (SSSR count). The Morgan fingerprint density at radius 2 is 1.35 bits per heavy atom. The highest BCUT2D eigenvalue weighted by atomic mass is 16.5. The van der Waals surface area contributed by atoms with Crippen LogP contribution in [0.5, 0.6) is 0 Å². The van der Waals surface area contributed by atoms with Gasteiger partial charge in [0.25, 0.3) is 0 Å². The first-order chi connectivity index (χ1) is 24.7. The maximum atomic E-state index is 13.1. The van der Waals surface area contributed by atoms with Crippen LogP contribution >= 0.6 is 0 Å². The Morgan fingerprint density at radius 3 is 1.98 bits per heavy atom. The summed E-state index contributed by atoms with van der Waals surface area (Å²) in [7, 11) is 0. The zero-order chi connectivity index (χ0) is 36.9. The number of rotatable bonds is 8. The average molecular weight is 703 g/mol. The molecule has 2 aromatic carbocycles. The minimum atomic E-state index is -0.234. The highest BCUT2D eigenvalue weighted by Crippen LogP contribution is 2.77. The molecule has 0 bridgehead atoms. The summed E-state index contributed by atoms with van der Waals surface area (Å²) in [5.74, 6) is 2.24. The molecular formula is C48H62O4. The summed E-state index contributed by atoms with van der Waals surface area (Å²) >= 11 is 0. The molecule has 5 aliphatic carbocycles. The summed E-state index contributed by atoms with van der Waals surface area (Å²) in [5, 5.41) is 0. The summed E-state index contributed by atoms with van der Waals surface area (Å²) in [6.07, 6.45) is 18.3. The number of allylic oxidation sites excluding steroid dienone is 1. The minimum absolute atomic E-state index is 0.0211. The van der Waals surface area contributed by atoms with E-state index in [0.29, 0.717) is 36.2 Å². The van der Waals surface area contributed by atoms with Crippen LogP contribution in [0.3, 0.4) is 0 Å². The number of esters is 2. The van der Waals surface area contributed by atoms with Crippen molar-refractivity contribution in [1.29, 1.82) is 0 Å². The number of hydrogen-bond donors (Lipinski definition) is 0. The monoisotopic (exact) mass is 702 g/mol. The second kappa shape index (κ2) is 13.8. The van der Waals surface area contributed by atoms with E-state index in [-0.39, 0.29) is 45.1 Å². The summed E-state index contributed by atoms with van der Waals surface area (Å²) in [6.45, 7) is 20.0. The van der Waals surface area contributed by atoms with Crippen LogP contribution < -0.4 is 0 Å². The molecule has 0 heterocycles. The Bertz CT molecular complexity index is 1710. The van der Waals surface area contributed by atoms with E-state index in [0.717, 1.165) is 43.2 Å². The van der Waals surface area contributed by atoms with Gasteiger partial charge in [0, 0.05) is 23.0 Å². The molecule has 2 aromatic rings. The van der Waals surface area contributed by atoms with Crippen molar-refractivity contribution in [2.75, 3.05) is 6.61 Å². The zero-order valence-electron chi connectivity index (χ0n) is 32.7. The lowest BCUT2D eigenvalue weighted by Gasteiger charge is -2.73. The van der Waals surface area contributed by atoms with Gasteiger partial charge in [0.15, 0.2) is 0 Å². The van der Waals surface area contributed by atoms with Gasteiger partial charge in [0.1, 0.15) is 6.10 Å². The fourth-order valence-electron chi connectivity index (χ4n) is 13.6. The molecule has 278 valence electrons. The quantitative estimate of drug-likeness (QED) is 0.156. The fourth-order valence-corrected chi connectivity index (χ4v) is 13.6. The number of benzene rings is 2. The van der Waals surface area contributed by atoms with Crippen LogP contribution in [-0.4, -0.2) is 24.6 Å². The molecule has 4 nitrogen and oxygen atoms in total. The van der Waals surface area contributed by atoms with Crippen LogP contribution in [0.25, 0.3) is 12.2 Å². The molecule has 0 N–H and O–H groups in total. The maximum Gasteiger partial charge on any atom is 0.331 e. The van der Waals surface area contributed by atoms with E-state index < -0.39 is 0 Å². The van der Waals surface area contributed by atoms with Gasteiger partial charge >= 0.3 is 11.9 Å². The molecule has 52 heavy (non-hydrogen) atoms. The van der Waals surface area contributed by atoms with Crippen LogP contribution in [-0.2, 0) is 19.1 Å². The molecule has 0 aromatic heterocycles. The van der Waals surface area contributed by atoms with Crippen LogP contribution in [0.4, 0.5) is 0 Å². The smallest absolute Gasteiger partial charge is 0.331 e. The molecule has 0 radical (unpaired) electrons. The van der Waals surface area contributed by atoms with Gasteiger partial charge in [0.2, 0.25) is 0 Å². The Kier molecular flexibility index (Phi) is 9.79. The third-order valence-electron chi connectivity index (χ3n) is 16.4. The van der Waals surface area contributed by atoms with E-state index in [2.05, 4.69) is 48.1 Å². The topological polar surface area (TPSA) is 52.6 Å². The predicted molar refractivity (Wildman–Crippen MR) is 211 cm³/mol. The molecule has 0 spiro atoms. The number of hydrogen-bond acceptors (Lipinski definition) is 4. The molecule has 0 unspecified atom stereocenters. The Balaban J connectivity index is 1.09. The molecule has 10 atom stereocenters. The van der Waals surface area contributed by atoms with E-state index in [1.807, 2.05) is 72.8 Å². The van der Waals surface area contributed by atoms with Crippen molar-refractivity contribution in [2.24, 2.45) is 56.7 Å². The largest absolute Gasteiger partial charge is 0.462 e. The number of fused-ring (bicyclic) bond motifs is 7. The summed E-state index contributed by atoms with van der Waals surface area (Å²) in [6, 6.07) is 19.9. The van der Waals surface area contributed by atoms with E-state index in [4.69, 9.17) is 9.47 Å². The first-order valence-corrected chi connectivity index (χ1v) is 20.2. The number of ether oxygens (including phenoxy) is 2.